The van der Waals surface area contributed by atoms with Crippen molar-refractivity contribution < 1.29 is 12.8 Å². The zero-order chi connectivity index (χ0) is 20.0. The van der Waals surface area contributed by atoms with E-state index in [9.17, 15) is 12.8 Å². The van der Waals surface area contributed by atoms with Gasteiger partial charge in [0, 0.05) is 36.1 Å². The zero-order valence-electron chi connectivity index (χ0n) is 15.6. The van der Waals surface area contributed by atoms with E-state index in [1.807, 2.05) is 42.5 Å². The molecule has 0 radical (unpaired) electrons. The minimum absolute atomic E-state index is 0.238. The van der Waals surface area contributed by atoms with Crippen molar-refractivity contribution in [2.24, 2.45) is 0 Å². The summed E-state index contributed by atoms with van der Waals surface area (Å²) in [6.45, 7) is 0.632. The fraction of sp³-hybridized carbons (Fsp3) is 0.130. The normalized spacial score (nSPS) is 14.8. The minimum atomic E-state index is -3.63. The van der Waals surface area contributed by atoms with E-state index >= 15 is 0 Å². The molecule has 6 heteroatoms. The molecule has 0 atom stereocenters. The number of rotatable bonds is 3. The minimum Gasteiger partial charge on any atom is -0.358 e. The van der Waals surface area contributed by atoms with Gasteiger partial charge in [0.25, 0.3) is 0 Å². The third kappa shape index (κ3) is 3.14. The van der Waals surface area contributed by atoms with Gasteiger partial charge in [0.15, 0.2) is 0 Å². The summed E-state index contributed by atoms with van der Waals surface area (Å²) in [6.07, 6.45) is 0.576. The van der Waals surface area contributed by atoms with Gasteiger partial charge in [-0.3, -0.25) is 0 Å². The predicted molar refractivity (Wildman–Crippen MR) is 111 cm³/mol. The van der Waals surface area contributed by atoms with Crippen LogP contribution in [0.4, 0.5) is 4.39 Å². The maximum Gasteiger partial charge on any atom is 0.243 e. The molecule has 0 amide bonds. The zero-order valence-corrected chi connectivity index (χ0v) is 16.4. The molecule has 2 heterocycles. The molecule has 0 aliphatic carbocycles. The summed E-state index contributed by atoms with van der Waals surface area (Å²) in [5.41, 5.74) is 4.69. The van der Waals surface area contributed by atoms with Crippen LogP contribution < -0.4 is 0 Å². The molecule has 0 unspecified atom stereocenters. The van der Waals surface area contributed by atoms with Crippen LogP contribution >= 0.6 is 0 Å². The van der Waals surface area contributed by atoms with Crippen LogP contribution in [0, 0.1) is 5.82 Å². The largest absolute Gasteiger partial charge is 0.358 e. The third-order valence-corrected chi connectivity index (χ3v) is 7.36. The van der Waals surface area contributed by atoms with Gasteiger partial charge in [-0.15, -0.1) is 0 Å². The summed E-state index contributed by atoms with van der Waals surface area (Å²) in [6, 6.07) is 21.4. The Morgan fingerprint density at radius 2 is 1.62 bits per heavy atom. The summed E-state index contributed by atoms with van der Waals surface area (Å²) in [5.74, 6) is -0.323. The van der Waals surface area contributed by atoms with Crippen LogP contribution in [0.25, 0.3) is 22.0 Å². The average Bonchev–Trinajstić information content (AvgIpc) is 3.11. The van der Waals surface area contributed by atoms with Gasteiger partial charge in [0.1, 0.15) is 5.82 Å². The number of benzene rings is 3. The lowest BCUT2D eigenvalue weighted by atomic mass is 10.1. The van der Waals surface area contributed by atoms with Gasteiger partial charge >= 0.3 is 0 Å². The van der Waals surface area contributed by atoms with Crippen LogP contribution in [-0.2, 0) is 23.0 Å². The van der Waals surface area contributed by atoms with E-state index in [0.717, 1.165) is 33.3 Å². The van der Waals surface area contributed by atoms with Crippen molar-refractivity contribution in [3.8, 4) is 11.1 Å². The first-order valence-electron chi connectivity index (χ1n) is 9.47. The number of nitrogens with zero attached hydrogens (tertiary/aromatic N) is 1. The van der Waals surface area contributed by atoms with E-state index in [1.165, 1.54) is 16.4 Å². The number of hydrogen-bond donors (Lipinski definition) is 1. The smallest absolute Gasteiger partial charge is 0.243 e. The molecule has 146 valence electrons. The molecule has 0 saturated heterocycles. The molecule has 4 aromatic rings. The number of nitrogens with one attached hydrogen (secondary N) is 1. The highest BCUT2D eigenvalue weighted by molar-refractivity contribution is 7.89. The number of aromatic amines is 1. The molecule has 0 saturated carbocycles. The number of halogens is 1. The Morgan fingerprint density at radius 3 is 2.38 bits per heavy atom. The number of aromatic nitrogens is 1. The standard InChI is InChI=1S/C23H19FN2O2S/c24-18-8-11-22-20(14-18)21-15-26(13-12-23(21)25-22)29(27,28)19-9-6-17(7-10-19)16-4-2-1-3-5-16/h1-11,14,25H,12-13,15H2. The summed E-state index contributed by atoms with van der Waals surface area (Å²) >= 11 is 0. The molecule has 0 bridgehead atoms. The molecule has 1 aliphatic heterocycles. The second-order valence-corrected chi connectivity index (χ2v) is 9.19. The molecule has 3 aromatic carbocycles. The van der Waals surface area contributed by atoms with E-state index in [-0.39, 0.29) is 17.3 Å². The Kier molecular flexibility index (Phi) is 4.26. The summed E-state index contributed by atoms with van der Waals surface area (Å²) in [7, 11) is -3.63. The highest BCUT2D eigenvalue weighted by Gasteiger charge is 2.30. The Hall–Kier alpha value is -2.96. The van der Waals surface area contributed by atoms with Crippen molar-refractivity contribution in [2.45, 2.75) is 17.9 Å². The Bertz CT molecular complexity index is 1300. The molecule has 0 spiro atoms. The van der Waals surface area contributed by atoms with E-state index in [2.05, 4.69) is 4.98 Å². The quantitative estimate of drug-likeness (QED) is 0.535. The lowest BCUT2D eigenvalue weighted by Gasteiger charge is -2.26. The van der Waals surface area contributed by atoms with Crippen LogP contribution in [0.2, 0.25) is 0 Å². The second kappa shape index (κ2) is 6.83. The van der Waals surface area contributed by atoms with Gasteiger partial charge < -0.3 is 4.98 Å². The third-order valence-electron chi connectivity index (χ3n) is 5.50. The number of fused-ring (bicyclic) bond motifs is 3. The van der Waals surface area contributed by atoms with Crippen LogP contribution in [0.5, 0.6) is 0 Å². The second-order valence-electron chi connectivity index (χ2n) is 7.25. The van der Waals surface area contributed by atoms with Gasteiger partial charge in [-0.25, -0.2) is 12.8 Å². The summed E-state index contributed by atoms with van der Waals surface area (Å²) in [5, 5.41) is 0.749. The average molecular weight is 406 g/mol. The fourth-order valence-corrected chi connectivity index (χ4v) is 5.37. The molecular weight excluding hydrogens is 387 g/mol. The number of hydrogen-bond acceptors (Lipinski definition) is 2. The lowest BCUT2D eigenvalue weighted by Crippen LogP contribution is -2.35. The van der Waals surface area contributed by atoms with Crippen molar-refractivity contribution in [1.29, 1.82) is 0 Å². The Balaban J connectivity index is 1.46. The SMILES string of the molecule is O=S(=O)(c1ccc(-c2ccccc2)cc1)N1CCc2[nH]c3ccc(F)cc3c2C1. The predicted octanol–water partition coefficient (Wildman–Crippen LogP) is 4.72. The van der Waals surface area contributed by atoms with Crippen LogP contribution in [0.1, 0.15) is 11.3 Å². The van der Waals surface area contributed by atoms with Gasteiger partial charge in [0.2, 0.25) is 10.0 Å². The monoisotopic (exact) mass is 406 g/mol. The Labute approximate surface area is 168 Å². The Morgan fingerprint density at radius 1 is 0.897 bits per heavy atom. The van der Waals surface area contributed by atoms with Crippen LogP contribution in [0.3, 0.4) is 0 Å². The van der Waals surface area contributed by atoms with E-state index < -0.39 is 10.0 Å². The van der Waals surface area contributed by atoms with E-state index in [1.54, 1.807) is 18.2 Å². The molecule has 29 heavy (non-hydrogen) atoms. The van der Waals surface area contributed by atoms with Gasteiger partial charge in [-0.2, -0.15) is 4.31 Å². The molecule has 5 rings (SSSR count). The lowest BCUT2D eigenvalue weighted by molar-refractivity contribution is 0.391. The van der Waals surface area contributed by atoms with Crippen molar-refractivity contribution in [3.05, 3.63) is 89.9 Å². The maximum atomic E-state index is 13.7. The molecule has 4 nitrogen and oxygen atoms in total. The van der Waals surface area contributed by atoms with Gasteiger partial charge in [-0.05, 0) is 47.0 Å². The number of sulfonamides is 1. The topological polar surface area (TPSA) is 53.2 Å². The molecule has 1 N–H and O–H groups in total. The molecule has 1 aliphatic rings. The fourth-order valence-electron chi connectivity index (χ4n) is 3.97. The molecule has 0 fully saturated rings. The van der Waals surface area contributed by atoms with Crippen molar-refractivity contribution >= 4 is 20.9 Å². The number of H-pyrrole nitrogens is 1. The maximum absolute atomic E-state index is 13.7. The first kappa shape index (κ1) is 18.1. The van der Waals surface area contributed by atoms with Gasteiger partial charge in [0.05, 0.1) is 4.90 Å². The molecule has 1 aromatic heterocycles. The van der Waals surface area contributed by atoms with Crippen LogP contribution in [0.15, 0.2) is 77.7 Å². The van der Waals surface area contributed by atoms with E-state index in [4.69, 9.17) is 0 Å². The molecular formula is C23H19FN2O2S. The first-order valence-corrected chi connectivity index (χ1v) is 10.9. The first-order chi connectivity index (χ1) is 14.0. The van der Waals surface area contributed by atoms with Gasteiger partial charge in [-0.1, -0.05) is 42.5 Å². The van der Waals surface area contributed by atoms with Crippen LogP contribution in [-0.4, -0.2) is 24.3 Å². The van der Waals surface area contributed by atoms with Crippen molar-refractivity contribution in [2.75, 3.05) is 6.54 Å². The summed E-state index contributed by atoms with van der Waals surface area (Å²) < 4.78 is 41.6. The highest BCUT2D eigenvalue weighted by atomic mass is 32.2. The summed E-state index contributed by atoms with van der Waals surface area (Å²) in [4.78, 5) is 3.56. The van der Waals surface area contributed by atoms with E-state index in [0.29, 0.717) is 13.0 Å². The van der Waals surface area contributed by atoms with Crippen molar-refractivity contribution in [1.82, 2.24) is 9.29 Å². The van der Waals surface area contributed by atoms with Crippen molar-refractivity contribution in [3.63, 3.8) is 0 Å². The highest BCUT2D eigenvalue weighted by Crippen LogP contribution is 2.31.